The third-order valence-electron chi connectivity index (χ3n) is 3.39. The summed E-state index contributed by atoms with van der Waals surface area (Å²) in [6.45, 7) is 1.52. The maximum atomic E-state index is 12.6. The summed E-state index contributed by atoms with van der Waals surface area (Å²) in [7, 11) is 1.57. The van der Waals surface area contributed by atoms with E-state index in [1.807, 2.05) is 0 Å². The maximum Gasteiger partial charge on any atom is 0.196 e. The molecule has 1 aliphatic heterocycles. The van der Waals surface area contributed by atoms with Crippen molar-refractivity contribution in [3.8, 4) is 0 Å². The molecular formula is C13H15Cl2NO2. The molecule has 0 aromatic heterocycles. The number of hydrogen-bond acceptors (Lipinski definition) is 3. The first-order valence-corrected chi connectivity index (χ1v) is 6.60. The van der Waals surface area contributed by atoms with Gasteiger partial charge in [-0.3, -0.25) is 4.79 Å². The number of benzene rings is 1. The van der Waals surface area contributed by atoms with Gasteiger partial charge in [0.25, 0.3) is 0 Å². The minimum Gasteiger partial charge on any atom is -0.370 e. The summed E-state index contributed by atoms with van der Waals surface area (Å²) in [6.07, 6.45) is 1.29. The Bertz CT molecular complexity index is 456. The number of halogens is 2. The lowest BCUT2D eigenvalue weighted by Crippen LogP contribution is -2.49. The van der Waals surface area contributed by atoms with Gasteiger partial charge in [0.15, 0.2) is 5.78 Å². The molecule has 1 heterocycles. The van der Waals surface area contributed by atoms with Gasteiger partial charge in [0.05, 0.1) is 5.02 Å². The molecule has 0 radical (unpaired) electrons. The van der Waals surface area contributed by atoms with Crippen LogP contribution in [0, 0.1) is 0 Å². The third-order valence-corrected chi connectivity index (χ3v) is 3.95. The second-order valence-electron chi connectivity index (χ2n) is 4.40. The van der Waals surface area contributed by atoms with Crippen LogP contribution >= 0.6 is 23.2 Å². The summed E-state index contributed by atoms with van der Waals surface area (Å²) in [5.74, 6) is -0.0843. The minimum absolute atomic E-state index is 0.0843. The highest BCUT2D eigenvalue weighted by molar-refractivity contribution is 6.36. The van der Waals surface area contributed by atoms with E-state index in [0.717, 1.165) is 13.1 Å². The SMILES string of the molecule is COC1(C(=O)c2cc(Cl)ccc2Cl)CCNCC1. The number of ether oxygens (including phenoxy) is 1. The van der Waals surface area contributed by atoms with Gasteiger partial charge in [-0.25, -0.2) is 0 Å². The van der Waals surface area contributed by atoms with Crippen LogP contribution in [0.1, 0.15) is 23.2 Å². The summed E-state index contributed by atoms with van der Waals surface area (Å²) >= 11 is 12.0. The van der Waals surface area contributed by atoms with Crippen molar-refractivity contribution in [2.24, 2.45) is 0 Å². The van der Waals surface area contributed by atoms with Crippen molar-refractivity contribution in [3.05, 3.63) is 33.8 Å². The molecule has 0 atom stereocenters. The maximum absolute atomic E-state index is 12.6. The predicted octanol–water partition coefficient (Wildman–Crippen LogP) is 2.94. The van der Waals surface area contributed by atoms with Crippen LogP contribution in [-0.2, 0) is 4.74 Å². The molecule has 3 nitrogen and oxygen atoms in total. The summed E-state index contributed by atoms with van der Waals surface area (Å²) in [6, 6.07) is 4.92. The molecule has 1 aliphatic rings. The Morgan fingerprint density at radius 1 is 1.33 bits per heavy atom. The largest absolute Gasteiger partial charge is 0.370 e. The van der Waals surface area contributed by atoms with Gasteiger partial charge in [-0.1, -0.05) is 23.2 Å². The third kappa shape index (κ3) is 2.54. The highest BCUT2D eigenvalue weighted by atomic mass is 35.5. The molecule has 1 aromatic rings. The quantitative estimate of drug-likeness (QED) is 0.869. The number of methoxy groups -OCH3 is 1. The van der Waals surface area contributed by atoms with E-state index in [9.17, 15) is 4.79 Å². The van der Waals surface area contributed by atoms with E-state index < -0.39 is 5.60 Å². The van der Waals surface area contributed by atoms with E-state index in [-0.39, 0.29) is 5.78 Å². The van der Waals surface area contributed by atoms with E-state index in [1.165, 1.54) is 0 Å². The number of hydrogen-bond donors (Lipinski definition) is 1. The minimum atomic E-state index is -0.778. The first-order chi connectivity index (χ1) is 8.59. The first-order valence-electron chi connectivity index (χ1n) is 5.85. The van der Waals surface area contributed by atoms with Crippen LogP contribution in [0.3, 0.4) is 0 Å². The van der Waals surface area contributed by atoms with Gasteiger partial charge < -0.3 is 10.1 Å². The fraction of sp³-hybridized carbons (Fsp3) is 0.462. The van der Waals surface area contributed by atoms with E-state index in [1.54, 1.807) is 25.3 Å². The van der Waals surface area contributed by atoms with Crippen molar-refractivity contribution in [2.45, 2.75) is 18.4 Å². The molecule has 0 spiro atoms. The number of Topliss-reactive ketones (excluding diaryl/α,β-unsaturated/α-hetero) is 1. The predicted molar refractivity (Wildman–Crippen MR) is 72.6 cm³/mol. The number of piperidine rings is 1. The van der Waals surface area contributed by atoms with Crippen molar-refractivity contribution in [1.82, 2.24) is 5.32 Å². The smallest absolute Gasteiger partial charge is 0.196 e. The standard InChI is InChI=1S/C13H15Cl2NO2/c1-18-13(4-6-16-7-5-13)12(17)10-8-9(14)2-3-11(10)15/h2-3,8,16H,4-7H2,1H3. The van der Waals surface area contributed by atoms with Crippen LogP contribution in [0.15, 0.2) is 18.2 Å². The molecule has 1 saturated heterocycles. The Labute approximate surface area is 116 Å². The van der Waals surface area contributed by atoms with Gasteiger partial charge in [0.2, 0.25) is 0 Å². The first kappa shape index (κ1) is 13.8. The van der Waals surface area contributed by atoms with Gasteiger partial charge in [-0.15, -0.1) is 0 Å². The summed E-state index contributed by atoms with van der Waals surface area (Å²) in [5.41, 5.74) is -0.340. The molecule has 2 rings (SSSR count). The average molecular weight is 288 g/mol. The second-order valence-corrected chi connectivity index (χ2v) is 5.25. The summed E-state index contributed by atoms with van der Waals surface area (Å²) in [4.78, 5) is 12.6. The number of rotatable bonds is 3. The molecule has 0 bridgehead atoms. The molecule has 98 valence electrons. The van der Waals surface area contributed by atoms with E-state index in [2.05, 4.69) is 5.32 Å². The highest BCUT2D eigenvalue weighted by Crippen LogP contribution is 2.31. The van der Waals surface area contributed by atoms with Gasteiger partial charge in [0, 0.05) is 17.7 Å². The van der Waals surface area contributed by atoms with Crippen molar-refractivity contribution >= 4 is 29.0 Å². The lowest BCUT2D eigenvalue weighted by Gasteiger charge is -2.35. The monoisotopic (exact) mass is 287 g/mol. The lowest BCUT2D eigenvalue weighted by molar-refractivity contribution is -0.0153. The van der Waals surface area contributed by atoms with Gasteiger partial charge in [0.1, 0.15) is 5.60 Å². The fourth-order valence-electron chi connectivity index (χ4n) is 2.27. The van der Waals surface area contributed by atoms with Crippen molar-refractivity contribution in [2.75, 3.05) is 20.2 Å². The molecule has 1 aromatic carbocycles. The van der Waals surface area contributed by atoms with Crippen LogP contribution in [0.4, 0.5) is 0 Å². The Kier molecular flexibility index (Phi) is 4.28. The van der Waals surface area contributed by atoms with Crippen LogP contribution < -0.4 is 5.32 Å². The number of carbonyl (C=O) groups excluding carboxylic acids is 1. The van der Waals surface area contributed by atoms with Crippen LogP contribution in [0.5, 0.6) is 0 Å². The van der Waals surface area contributed by atoms with Gasteiger partial charge in [-0.2, -0.15) is 0 Å². The zero-order valence-electron chi connectivity index (χ0n) is 10.1. The molecule has 0 amide bonds. The van der Waals surface area contributed by atoms with Crippen LogP contribution in [-0.4, -0.2) is 31.6 Å². The average Bonchev–Trinajstić information content (AvgIpc) is 2.41. The molecular weight excluding hydrogens is 273 g/mol. The van der Waals surface area contributed by atoms with Crippen molar-refractivity contribution in [1.29, 1.82) is 0 Å². The van der Waals surface area contributed by atoms with Crippen LogP contribution in [0.2, 0.25) is 10.0 Å². The highest BCUT2D eigenvalue weighted by Gasteiger charge is 2.40. The van der Waals surface area contributed by atoms with Gasteiger partial charge in [-0.05, 0) is 44.1 Å². The zero-order valence-corrected chi connectivity index (χ0v) is 11.6. The van der Waals surface area contributed by atoms with E-state index >= 15 is 0 Å². The Hall–Kier alpha value is -0.610. The number of carbonyl (C=O) groups is 1. The molecule has 18 heavy (non-hydrogen) atoms. The molecule has 1 N–H and O–H groups in total. The lowest BCUT2D eigenvalue weighted by atomic mass is 9.84. The van der Waals surface area contributed by atoms with Crippen molar-refractivity contribution < 1.29 is 9.53 Å². The molecule has 0 unspecified atom stereocenters. The normalized spacial score (nSPS) is 18.6. The number of nitrogens with one attached hydrogen (secondary N) is 1. The van der Waals surface area contributed by atoms with E-state index in [0.29, 0.717) is 28.5 Å². The topological polar surface area (TPSA) is 38.3 Å². The Balaban J connectivity index is 2.36. The molecule has 0 aliphatic carbocycles. The molecule has 5 heteroatoms. The second kappa shape index (κ2) is 5.57. The number of ketones is 1. The Morgan fingerprint density at radius 3 is 2.61 bits per heavy atom. The van der Waals surface area contributed by atoms with Crippen LogP contribution in [0.25, 0.3) is 0 Å². The van der Waals surface area contributed by atoms with Gasteiger partial charge >= 0.3 is 0 Å². The molecule has 1 fully saturated rings. The summed E-state index contributed by atoms with van der Waals surface area (Å²) < 4.78 is 5.50. The molecule has 0 saturated carbocycles. The Morgan fingerprint density at radius 2 is 2.00 bits per heavy atom. The fourth-order valence-corrected chi connectivity index (χ4v) is 2.65. The van der Waals surface area contributed by atoms with Crippen molar-refractivity contribution in [3.63, 3.8) is 0 Å². The van der Waals surface area contributed by atoms with E-state index in [4.69, 9.17) is 27.9 Å². The zero-order chi connectivity index (χ0) is 13.2. The summed E-state index contributed by atoms with van der Waals surface area (Å²) in [5, 5.41) is 4.13.